The molecule has 0 saturated carbocycles. The van der Waals surface area contributed by atoms with Gasteiger partial charge in [0.25, 0.3) is 11.8 Å². The van der Waals surface area contributed by atoms with Crippen LogP contribution in [0.15, 0.2) is 28.8 Å². The van der Waals surface area contributed by atoms with Crippen LogP contribution < -0.4 is 0 Å². The minimum atomic E-state index is -4.44. The van der Waals surface area contributed by atoms with Crippen molar-refractivity contribution in [2.75, 3.05) is 6.54 Å². The third kappa shape index (κ3) is 3.14. The summed E-state index contributed by atoms with van der Waals surface area (Å²) in [5, 5.41) is 8.21. The summed E-state index contributed by atoms with van der Waals surface area (Å²) in [6.45, 7) is 2.40. The summed E-state index contributed by atoms with van der Waals surface area (Å²) in [4.78, 5) is 18.6. The molecule has 0 atom stereocenters. The van der Waals surface area contributed by atoms with Crippen molar-refractivity contribution in [3.8, 4) is 11.6 Å². The Hall–Kier alpha value is -3.17. The smallest absolute Gasteiger partial charge is 0.334 e. The monoisotopic (exact) mass is 391 g/mol. The van der Waals surface area contributed by atoms with Crippen LogP contribution in [0, 0.1) is 6.92 Å². The van der Waals surface area contributed by atoms with Gasteiger partial charge in [0, 0.05) is 36.8 Å². The Morgan fingerprint density at radius 2 is 1.93 bits per heavy atom. The lowest BCUT2D eigenvalue weighted by atomic mass is 10.0. The van der Waals surface area contributed by atoms with Gasteiger partial charge in [0.15, 0.2) is 11.5 Å². The van der Waals surface area contributed by atoms with E-state index in [1.807, 2.05) is 0 Å². The number of rotatable bonds is 2. The number of aromatic nitrogens is 4. The molecule has 10 heteroatoms. The van der Waals surface area contributed by atoms with Crippen molar-refractivity contribution < 1.29 is 22.5 Å². The lowest BCUT2D eigenvalue weighted by molar-refractivity contribution is -0.137. The van der Waals surface area contributed by atoms with E-state index in [2.05, 4.69) is 15.2 Å². The summed E-state index contributed by atoms with van der Waals surface area (Å²) < 4.78 is 45.1. The fourth-order valence-electron chi connectivity index (χ4n) is 3.32. The van der Waals surface area contributed by atoms with Gasteiger partial charge in [0.05, 0.1) is 12.1 Å². The maximum absolute atomic E-state index is 12.8. The van der Waals surface area contributed by atoms with Gasteiger partial charge in [0.1, 0.15) is 0 Å². The number of fused-ring (bicyclic) bond motifs is 1. The van der Waals surface area contributed by atoms with E-state index in [0.717, 1.165) is 23.4 Å². The molecule has 0 unspecified atom stereocenters. The predicted octanol–water partition coefficient (Wildman–Crippen LogP) is 3.00. The number of carbonyl (C=O) groups excluding carboxylic acids is 1. The second kappa shape index (κ2) is 6.47. The van der Waals surface area contributed by atoms with Gasteiger partial charge in [0.2, 0.25) is 0 Å². The molecule has 3 aromatic rings. The molecule has 146 valence electrons. The Morgan fingerprint density at radius 1 is 1.21 bits per heavy atom. The molecule has 2 aromatic heterocycles. The molecule has 0 fully saturated rings. The van der Waals surface area contributed by atoms with E-state index >= 15 is 0 Å². The first kappa shape index (κ1) is 18.2. The van der Waals surface area contributed by atoms with Gasteiger partial charge >= 0.3 is 6.18 Å². The first-order valence-corrected chi connectivity index (χ1v) is 8.56. The standard InChI is InChI=1S/C18H16F3N5O2/c1-10-22-16(28-24-10)15-13-9-26(8-7-14(13)25(2)23-15)17(27)11-3-5-12(6-4-11)18(19,20)21/h3-6H,7-9H2,1-2H3. The van der Waals surface area contributed by atoms with Crippen LogP contribution in [-0.2, 0) is 26.2 Å². The van der Waals surface area contributed by atoms with E-state index in [-0.39, 0.29) is 23.9 Å². The van der Waals surface area contributed by atoms with E-state index in [1.54, 1.807) is 23.6 Å². The molecule has 0 spiro atoms. The van der Waals surface area contributed by atoms with Crippen molar-refractivity contribution in [1.82, 2.24) is 24.8 Å². The highest BCUT2D eigenvalue weighted by Crippen LogP contribution is 2.31. The van der Waals surface area contributed by atoms with Crippen molar-refractivity contribution in [1.29, 1.82) is 0 Å². The summed E-state index contributed by atoms with van der Waals surface area (Å²) in [6, 6.07) is 4.23. The number of hydrogen-bond donors (Lipinski definition) is 0. The van der Waals surface area contributed by atoms with E-state index in [9.17, 15) is 18.0 Å². The average molecular weight is 391 g/mol. The molecular weight excluding hydrogens is 375 g/mol. The molecule has 28 heavy (non-hydrogen) atoms. The number of alkyl halides is 3. The van der Waals surface area contributed by atoms with Crippen LogP contribution in [0.1, 0.15) is 33.0 Å². The number of carbonyl (C=O) groups is 1. The molecule has 3 heterocycles. The first-order valence-electron chi connectivity index (χ1n) is 8.56. The van der Waals surface area contributed by atoms with E-state index < -0.39 is 11.7 Å². The number of hydrogen-bond acceptors (Lipinski definition) is 5. The molecule has 1 aromatic carbocycles. The molecule has 1 aliphatic heterocycles. The third-order valence-corrected chi connectivity index (χ3v) is 4.72. The zero-order valence-corrected chi connectivity index (χ0v) is 15.1. The number of nitrogens with zero attached hydrogens (tertiary/aromatic N) is 5. The van der Waals surface area contributed by atoms with Crippen LogP contribution in [0.3, 0.4) is 0 Å². The van der Waals surface area contributed by atoms with Gasteiger partial charge in [-0.2, -0.15) is 23.3 Å². The van der Waals surface area contributed by atoms with Crippen LogP contribution in [-0.4, -0.2) is 37.3 Å². The highest BCUT2D eigenvalue weighted by Gasteiger charge is 2.32. The fraction of sp³-hybridized carbons (Fsp3) is 0.333. The highest BCUT2D eigenvalue weighted by molar-refractivity contribution is 5.94. The van der Waals surface area contributed by atoms with Crippen molar-refractivity contribution in [2.24, 2.45) is 7.05 Å². The van der Waals surface area contributed by atoms with Crippen LogP contribution in [0.2, 0.25) is 0 Å². The highest BCUT2D eigenvalue weighted by atomic mass is 19.4. The van der Waals surface area contributed by atoms with E-state index in [0.29, 0.717) is 24.5 Å². The first-order chi connectivity index (χ1) is 13.2. The van der Waals surface area contributed by atoms with Crippen LogP contribution >= 0.6 is 0 Å². The van der Waals surface area contributed by atoms with Crippen molar-refractivity contribution in [3.63, 3.8) is 0 Å². The Bertz CT molecular complexity index is 1040. The molecule has 4 rings (SSSR count). The Kier molecular flexibility index (Phi) is 4.20. The van der Waals surface area contributed by atoms with Gasteiger partial charge < -0.3 is 9.42 Å². The molecule has 1 aliphatic rings. The quantitative estimate of drug-likeness (QED) is 0.671. The van der Waals surface area contributed by atoms with Gasteiger partial charge in [-0.1, -0.05) is 5.16 Å². The molecule has 0 saturated heterocycles. The number of amides is 1. The molecule has 0 bridgehead atoms. The second-order valence-electron chi connectivity index (χ2n) is 6.60. The minimum absolute atomic E-state index is 0.204. The van der Waals surface area contributed by atoms with Crippen molar-refractivity contribution >= 4 is 5.91 Å². The minimum Gasteiger partial charge on any atom is -0.334 e. The van der Waals surface area contributed by atoms with E-state index in [4.69, 9.17) is 4.52 Å². The van der Waals surface area contributed by atoms with E-state index in [1.165, 1.54) is 12.1 Å². The molecular formula is C18H16F3N5O2. The molecule has 1 amide bonds. The Morgan fingerprint density at radius 3 is 2.54 bits per heavy atom. The van der Waals surface area contributed by atoms with Crippen LogP contribution in [0.4, 0.5) is 13.2 Å². The summed E-state index contributed by atoms with van der Waals surface area (Å²) in [6.07, 6.45) is -3.87. The lowest BCUT2D eigenvalue weighted by Gasteiger charge is -2.27. The number of halogens is 3. The Balaban J connectivity index is 1.61. The average Bonchev–Trinajstić information content (AvgIpc) is 3.23. The normalized spacial score (nSPS) is 14.2. The zero-order valence-electron chi connectivity index (χ0n) is 15.1. The third-order valence-electron chi connectivity index (χ3n) is 4.72. The largest absolute Gasteiger partial charge is 0.416 e. The van der Waals surface area contributed by atoms with Gasteiger partial charge in [-0.25, -0.2) is 0 Å². The molecule has 0 N–H and O–H groups in total. The van der Waals surface area contributed by atoms with Gasteiger partial charge in [-0.05, 0) is 31.2 Å². The van der Waals surface area contributed by atoms with Gasteiger partial charge in [-0.3, -0.25) is 9.48 Å². The van der Waals surface area contributed by atoms with Crippen molar-refractivity contribution in [2.45, 2.75) is 26.1 Å². The maximum Gasteiger partial charge on any atom is 0.416 e. The van der Waals surface area contributed by atoms with Crippen LogP contribution in [0.5, 0.6) is 0 Å². The van der Waals surface area contributed by atoms with Crippen LogP contribution in [0.25, 0.3) is 11.6 Å². The summed E-state index contributed by atoms with van der Waals surface area (Å²) in [5.74, 6) is 0.414. The summed E-state index contributed by atoms with van der Waals surface area (Å²) in [7, 11) is 1.80. The Labute approximate surface area is 157 Å². The molecule has 7 nitrogen and oxygen atoms in total. The molecule has 0 aliphatic carbocycles. The SMILES string of the molecule is Cc1noc(-c2nn(C)c3c2CN(C(=O)c2ccc(C(F)(F)F)cc2)CC3)n1. The summed E-state index contributed by atoms with van der Waals surface area (Å²) >= 11 is 0. The number of aryl methyl sites for hydroxylation is 2. The number of benzene rings is 1. The van der Waals surface area contributed by atoms with Crippen molar-refractivity contribution in [3.05, 3.63) is 52.5 Å². The fourth-order valence-corrected chi connectivity index (χ4v) is 3.32. The van der Waals surface area contributed by atoms with Gasteiger partial charge in [-0.15, -0.1) is 0 Å². The molecule has 0 radical (unpaired) electrons. The summed E-state index contributed by atoms with van der Waals surface area (Å²) in [5.41, 5.74) is 1.70. The maximum atomic E-state index is 12.8. The lowest BCUT2D eigenvalue weighted by Crippen LogP contribution is -2.36. The predicted molar refractivity (Wildman–Crippen MR) is 91.1 cm³/mol. The zero-order chi connectivity index (χ0) is 20.1. The topological polar surface area (TPSA) is 77.0 Å². The second-order valence-corrected chi connectivity index (χ2v) is 6.60.